The molecule has 0 radical (unpaired) electrons. The van der Waals surface area contributed by atoms with E-state index in [9.17, 15) is 0 Å². The molecule has 0 amide bonds. The lowest BCUT2D eigenvalue weighted by molar-refractivity contribution is 0.534. The van der Waals surface area contributed by atoms with Crippen molar-refractivity contribution >= 4 is 28.9 Å². The Kier molecular flexibility index (Phi) is 6.63. The summed E-state index contributed by atoms with van der Waals surface area (Å²) in [4.78, 5) is 5.35. The van der Waals surface area contributed by atoms with Gasteiger partial charge in [0.2, 0.25) is 0 Å². The van der Waals surface area contributed by atoms with Gasteiger partial charge in [-0.15, -0.1) is 21.8 Å². The van der Waals surface area contributed by atoms with Crippen LogP contribution in [0.2, 0.25) is 5.02 Å². The van der Waals surface area contributed by atoms with E-state index in [0.717, 1.165) is 83.4 Å². The Balaban J connectivity index is 1.36. The molecule has 2 aromatic carbocycles. The van der Waals surface area contributed by atoms with Crippen LogP contribution in [-0.4, -0.2) is 36.1 Å². The largest absolute Gasteiger partial charge is 0.280 e. The molecular formula is C29H30Cl2N6. The fourth-order valence-corrected chi connectivity index (χ4v) is 5.51. The van der Waals surface area contributed by atoms with Crippen LogP contribution in [0.4, 0.5) is 0 Å². The lowest BCUT2D eigenvalue weighted by atomic mass is 9.96. The molecule has 0 atom stereocenters. The van der Waals surface area contributed by atoms with Crippen LogP contribution in [0.5, 0.6) is 0 Å². The van der Waals surface area contributed by atoms with Crippen molar-refractivity contribution in [3.05, 3.63) is 82.7 Å². The first-order chi connectivity index (χ1) is 18.1. The molecule has 4 aromatic rings. The molecule has 8 heteroatoms. The van der Waals surface area contributed by atoms with Gasteiger partial charge < -0.3 is 0 Å². The zero-order valence-corrected chi connectivity index (χ0v) is 22.5. The van der Waals surface area contributed by atoms with Gasteiger partial charge in [0.25, 0.3) is 0 Å². The summed E-state index contributed by atoms with van der Waals surface area (Å²) in [6, 6.07) is 14.5. The SMILES string of the molecule is Cc1nnc2n1-c1ccc(-c3cnn(CCCCCCCCl)c3)cc1C(c1ccc(Cl)cc1)=NC21CC1. The van der Waals surface area contributed by atoms with Gasteiger partial charge in [-0.25, -0.2) is 0 Å². The van der Waals surface area contributed by atoms with Crippen LogP contribution < -0.4 is 0 Å². The number of aliphatic imine (C=N–C) groups is 1. The van der Waals surface area contributed by atoms with Gasteiger partial charge in [0.15, 0.2) is 5.82 Å². The summed E-state index contributed by atoms with van der Waals surface area (Å²) in [6.07, 6.45) is 11.9. The number of hydrogen-bond donors (Lipinski definition) is 0. The first-order valence-corrected chi connectivity index (χ1v) is 14.0. The number of benzene rings is 2. The summed E-state index contributed by atoms with van der Waals surface area (Å²) < 4.78 is 4.24. The first kappa shape index (κ1) is 24.4. The Morgan fingerprint density at radius 1 is 0.892 bits per heavy atom. The zero-order chi connectivity index (χ0) is 25.4. The Labute approximate surface area is 227 Å². The lowest BCUT2D eigenvalue weighted by Gasteiger charge is -2.14. The molecule has 0 unspecified atom stereocenters. The smallest absolute Gasteiger partial charge is 0.165 e. The molecule has 6 nitrogen and oxygen atoms in total. The van der Waals surface area contributed by atoms with Gasteiger partial charge in [-0.2, -0.15) is 5.10 Å². The number of rotatable bonds is 9. The van der Waals surface area contributed by atoms with E-state index in [1.807, 2.05) is 25.3 Å². The van der Waals surface area contributed by atoms with E-state index in [1.165, 1.54) is 19.3 Å². The van der Waals surface area contributed by atoms with E-state index < -0.39 is 0 Å². The molecule has 0 N–H and O–H groups in total. The molecule has 6 rings (SSSR count). The molecular weight excluding hydrogens is 503 g/mol. The van der Waals surface area contributed by atoms with E-state index in [4.69, 9.17) is 28.2 Å². The van der Waals surface area contributed by atoms with Crippen molar-refractivity contribution in [2.24, 2.45) is 4.99 Å². The number of aryl methyl sites for hydroxylation is 2. The van der Waals surface area contributed by atoms with Gasteiger partial charge in [0.1, 0.15) is 11.4 Å². The van der Waals surface area contributed by atoms with Gasteiger partial charge in [0.05, 0.1) is 17.6 Å². The molecule has 1 aliphatic carbocycles. The maximum atomic E-state index is 6.23. The summed E-state index contributed by atoms with van der Waals surface area (Å²) >= 11 is 12.0. The molecule has 2 aliphatic rings. The van der Waals surface area contributed by atoms with Crippen molar-refractivity contribution in [2.75, 3.05) is 5.88 Å². The summed E-state index contributed by atoms with van der Waals surface area (Å²) in [7, 11) is 0. The van der Waals surface area contributed by atoms with E-state index in [-0.39, 0.29) is 5.54 Å². The van der Waals surface area contributed by atoms with Gasteiger partial charge in [-0.3, -0.25) is 14.2 Å². The van der Waals surface area contributed by atoms with Crippen molar-refractivity contribution in [1.82, 2.24) is 24.5 Å². The molecule has 2 aromatic heterocycles. The number of halogens is 2. The Hall–Kier alpha value is -2.96. The summed E-state index contributed by atoms with van der Waals surface area (Å²) in [6.45, 7) is 2.94. The number of unbranched alkanes of at least 4 members (excludes halogenated alkanes) is 4. The second-order valence-electron chi connectivity index (χ2n) is 10.1. The van der Waals surface area contributed by atoms with E-state index in [2.05, 4.69) is 61.1 Å². The fraction of sp³-hybridized carbons (Fsp3) is 0.379. The molecule has 1 saturated carbocycles. The highest BCUT2D eigenvalue weighted by molar-refractivity contribution is 6.30. The topological polar surface area (TPSA) is 60.9 Å². The third-order valence-corrected chi connectivity index (χ3v) is 7.91. The third-order valence-electron chi connectivity index (χ3n) is 7.39. The zero-order valence-electron chi connectivity index (χ0n) is 21.0. The Morgan fingerprint density at radius 3 is 2.43 bits per heavy atom. The van der Waals surface area contributed by atoms with Crippen molar-refractivity contribution in [3.63, 3.8) is 0 Å². The average molecular weight is 534 g/mol. The van der Waals surface area contributed by atoms with Gasteiger partial charge in [-0.05, 0) is 62.4 Å². The quantitative estimate of drug-likeness (QED) is 0.170. The molecule has 37 heavy (non-hydrogen) atoms. The van der Waals surface area contributed by atoms with Gasteiger partial charge in [0, 0.05) is 40.3 Å². The van der Waals surface area contributed by atoms with Crippen LogP contribution >= 0.6 is 23.2 Å². The van der Waals surface area contributed by atoms with E-state index in [1.54, 1.807) is 0 Å². The maximum Gasteiger partial charge on any atom is 0.165 e. The van der Waals surface area contributed by atoms with Crippen LogP contribution in [0.1, 0.15) is 67.7 Å². The summed E-state index contributed by atoms with van der Waals surface area (Å²) in [5, 5.41) is 14.4. The summed E-state index contributed by atoms with van der Waals surface area (Å²) in [5.74, 6) is 2.57. The standard InChI is InChI=1S/C29H30Cl2N6/c1-20-34-35-28-29(13-14-29)33-27(21-7-10-24(31)11-8-21)25-17-22(9-12-26(25)37(20)28)23-18-32-36(19-23)16-6-4-2-3-5-15-30/h7-12,17-19H,2-6,13-16H2,1H3. The van der Waals surface area contributed by atoms with Crippen LogP contribution in [0.15, 0.2) is 59.9 Å². The van der Waals surface area contributed by atoms with Crippen molar-refractivity contribution in [2.45, 2.75) is 64.0 Å². The highest BCUT2D eigenvalue weighted by Crippen LogP contribution is 2.51. The predicted octanol–water partition coefficient (Wildman–Crippen LogP) is 7.12. The predicted molar refractivity (Wildman–Crippen MR) is 149 cm³/mol. The molecule has 0 saturated heterocycles. The first-order valence-electron chi connectivity index (χ1n) is 13.1. The Morgan fingerprint density at radius 2 is 1.65 bits per heavy atom. The normalized spacial score (nSPS) is 15.3. The lowest BCUT2D eigenvalue weighted by Crippen LogP contribution is -2.11. The minimum Gasteiger partial charge on any atom is -0.280 e. The highest BCUT2D eigenvalue weighted by atomic mass is 35.5. The molecule has 1 aliphatic heterocycles. The van der Waals surface area contributed by atoms with E-state index >= 15 is 0 Å². The third kappa shape index (κ3) is 4.73. The highest BCUT2D eigenvalue weighted by Gasteiger charge is 2.51. The molecule has 1 spiro atoms. The van der Waals surface area contributed by atoms with Crippen LogP contribution in [0.3, 0.4) is 0 Å². The minimum atomic E-state index is -0.315. The fourth-order valence-electron chi connectivity index (χ4n) is 5.19. The van der Waals surface area contributed by atoms with Gasteiger partial charge >= 0.3 is 0 Å². The van der Waals surface area contributed by atoms with Gasteiger partial charge in [-0.1, -0.05) is 49.1 Å². The second kappa shape index (κ2) is 10.1. The molecule has 1 fully saturated rings. The summed E-state index contributed by atoms with van der Waals surface area (Å²) in [5.41, 5.74) is 6.06. The molecule has 190 valence electrons. The number of fused-ring (bicyclic) bond motifs is 4. The minimum absolute atomic E-state index is 0.315. The number of nitrogens with zero attached hydrogens (tertiary/aromatic N) is 6. The van der Waals surface area contributed by atoms with Crippen molar-refractivity contribution < 1.29 is 0 Å². The second-order valence-corrected chi connectivity index (χ2v) is 10.9. The number of alkyl halides is 1. The van der Waals surface area contributed by atoms with Crippen molar-refractivity contribution in [1.29, 1.82) is 0 Å². The molecule has 0 bridgehead atoms. The monoisotopic (exact) mass is 532 g/mol. The number of aromatic nitrogens is 5. The molecule has 3 heterocycles. The van der Waals surface area contributed by atoms with Crippen LogP contribution in [0, 0.1) is 6.92 Å². The Bertz CT molecular complexity index is 1450. The van der Waals surface area contributed by atoms with Crippen LogP contribution in [0.25, 0.3) is 16.8 Å². The van der Waals surface area contributed by atoms with Crippen molar-refractivity contribution in [3.8, 4) is 16.8 Å². The maximum absolute atomic E-state index is 6.23. The average Bonchev–Trinajstić information content (AvgIpc) is 3.38. The van der Waals surface area contributed by atoms with E-state index in [0.29, 0.717) is 5.02 Å². The number of hydrogen-bond acceptors (Lipinski definition) is 4. The van der Waals surface area contributed by atoms with Crippen LogP contribution in [-0.2, 0) is 12.1 Å².